The second kappa shape index (κ2) is 3.99. The zero-order chi connectivity index (χ0) is 12.8. The highest BCUT2D eigenvalue weighted by molar-refractivity contribution is 5.42. The summed E-state index contributed by atoms with van der Waals surface area (Å²) in [4.78, 5) is 2.63. The lowest BCUT2D eigenvalue weighted by Gasteiger charge is -2.47. The number of hydrogen-bond acceptors (Lipinski definition) is 2. The third-order valence-electron chi connectivity index (χ3n) is 5.32. The lowest BCUT2D eigenvalue weighted by Crippen LogP contribution is -2.52. The Morgan fingerprint density at radius 1 is 1.28 bits per heavy atom. The monoisotopic (exact) mass is 244 g/mol. The molecule has 3 aliphatic rings. The minimum Gasteiger partial charge on any atom is -0.399 e. The highest BCUT2D eigenvalue weighted by atomic mass is 15.2. The van der Waals surface area contributed by atoms with Crippen molar-refractivity contribution in [3.8, 4) is 0 Å². The van der Waals surface area contributed by atoms with E-state index in [0.29, 0.717) is 0 Å². The van der Waals surface area contributed by atoms with E-state index in [9.17, 15) is 0 Å². The van der Waals surface area contributed by atoms with Crippen LogP contribution in [0.25, 0.3) is 0 Å². The maximum absolute atomic E-state index is 5.99. The van der Waals surface area contributed by atoms with E-state index in [1.165, 1.54) is 44.3 Å². The predicted molar refractivity (Wildman–Crippen MR) is 76.0 cm³/mol. The molecule has 0 aromatic rings. The second-order valence-corrected chi connectivity index (χ2v) is 6.50. The minimum atomic E-state index is 0.0666. The van der Waals surface area contributed by atoms with Gasteiger partial charge in [0.2, 0.25) is 0 Å². The molecule has 2 nitrogen and oxygen atoms in total. The molecule has 0 bridgehead atoms. The lowest BCUT2D eigenvalue weighted by molar-refractivity contribution is 0.0818. The molecule has 0 aromatic heterocycles. The molecule has 1 saturated heterocycles. The first kappa shape index (κ1) is 12.0. The molecular weight excluding hydrogens is 220 g/mol. The highest BCUT2D eigenvalue weighted by Gasteiger charge is 2.47. The van der Waals surface area contributed by atoms with Crippen LogP contribution in [0.5, 0.6) is 0 Å². The summed E-state index contributed by atoms with van der Waals surface area (Å²) in [5.74, 6) is 0. The van der Waals surface area contributed by atoms with Gasteiger partial charge in [-0.1, -0.05) is 24.8 Å². The van der Waals surface area contributed by atoms with Gasteiger partial charge >= 0.3 is 0 Å². The Kier molecular flexibility index (Phi) is 2.67. The molecule has 2 N–H and O–H groups in total. The molecule has 98 valence electrons. The molecule has 2 heteroatoms. The van der Waals surface area contributed by atoms with Crippen molar-refractivity contribution in [1.29, 1.82) is 0 Å². The van der Waals surface area contributed by atoms with Crippen LogP contribution in [0.1, 0.15) is 39.0 Å². The molecule has 18 heavy (non-hydrogen) atoms. The topological polar surface area (TPSA) is 29.3 Å². The van der Waals surface area contributed by atoms with Gasteiger partial charge in [-0.05, 0) is 63.1 Å². The Morgan fingerprint density at radius 3 is 2.50 bits per heavy atom. The van der Waals surface area contributed by atoms with Crippen LogP contribution < -0.4 is 5.73 Å². The van der Waals surface area contributed by atoms with Gasteiger partial charge in [0.05, 0.1) is 0 Å². The molecular formula is C16H24N2. The van der Waals surface area contributed by atoms with Gasteiger partial charge in [0.1, 0.15) is 0 Å². The minimum absolute atomic E-state index is 0.0666. The quantitative estimate of drug-likeness (QED) is 0.809. The Labute approximate surface area is 110 Å². The van der Waals surface area contributed by atoms with Gasteiger partial charge in [-0.2, -0.15) is 0 Å². The summed E-state index contributed by atoms with van der Waals surface area (Å²) in [6, 6.07) is 0. The number of likely N-dealkylation sites (tertiary alicyclic amines) is 1. The maximum Gasteiger partial charge on any atom is 0.0487 e. The second-order valence-electron chi connectivity index (χ2n) is 6.50. The van der Waals surface area contributed by atoms with Crippen LogP contribution in [-0.4, -0.2) is 23.5 Å². The van der Waals surface area contributed by atoms with Gasteiger partial charge in [0, 0.05) is 11.2 Å². The molecule has 1 aliphatic heterocycles. The molecule has 3 rings (SSSR count). The van der Waals surface area contributed by atoms with Crippen molar-refractivity contribution >= 4 is 0 Å². The molecule has 0 amide bonds. The van der Waals surface area contributed by atoms with Crippen molar-refractivity contribution in [2.75, 3.05) is 13.1 Å². The molecule has 1 spiro atoms. The number of piperidine rings is 1. The smallest absolute Gasteiger partial charge is 0.0487 e. The van der Waals surface area contributed by atoms with E-state index in [1.54, 1.807) is 0 Å². The van der Waals surface area contributed by atoms with Crippen LogP contribution in [0.3, 0.4) is 0 Å². The highest BCUT2D eigenvalue weighted by Crippen LogP contribution is 2.54. The summed E-state index contributed by atoms with van der Waals surface area (Å²) < 4.78 is 0. The van der Waals surface area contributed by atoms with Crippen molar-refractivity contribution in [1.82, 2.24) is 4.90 Å². The van der Waals surface area contributed by atoms with E-state index < -0.39 is 0 Å². The van der Waals surface area contributed by atoms with E-state index in [4.69, 9.17) is 5.73 Å². The SMILES string of the molecule is C=C(N)C1=CC=CCC1(C)N1CCC2(CC1)CC2. The normalized spacial score (nSPS) is 34.4. The van der Waals surface area contributed by atoms with Crippen molar-refractivity contribution in [3.05, 3.63) is 36.1 Å². The third kappa shape index (κ3) is 1.83. The number of rotatable bonds is 2. The van der Waals surface area contributed by atoms with Crippen LogP contribution >= 0.6 is 0 Å². The summed E-state index contributed by atoms with van der Waals surface area (Å²) in [6.45, 7) is 8.72. The molecule has 1 atom stereocenters. The molecule has 0 aromatic carbocycles. The largest absolute Gasteiger partial charge is 0.399 e. The van der Waals surface area contributed by atoms with Gasteiger partial charge in [-0.25, -0.2) is 0 Å². The first-order valence-corrected chi connectivity index (χ1v) is 7.13. The van der Waals surface area contributed by atoms with Gasteiger partial charge < -0.3 is 5.73 Å². The molecule has 1 saturated carbocycles. The van der Waals surface area contributed by atoms with Crippen LogP contribution in [0.4, 0.5) is 0 Å². The molecule has 1 heterocycles. The zero-order valence-corrected chi connectivity index (χ0v) is 11.4. The fourth-order valence-corrected chi connectivity index (χ4v) is 3.66. The van der Waals surface area contributed by atoms with Crippen molar-refractivity contribution in [2.24, 2.45) is 11.1 Å². The van der Waals surface area contributed by atoms with Crippen molar-refractivity contribution < 1.29 is 0 Å². The van der Waals surface area contributed by atoms with Gasteiger partial charge in [0.15, 0.2) is 0 Å². The van der Waals surface area contributed by atoms with Crippen molar-refractivity contribution in [2.45, 2.75) is 44.6 Å². The first-order valence-electron chi connectivity index (χ1n) is 7.13. The van der Waals surface area contributed by atoms with Gasteiger partial charge in [-0.15, -0.1) is 0 Å². The average molecular weight is 244 g/mol. The van der Waals surface area contributed by atoms with Gasteiger partial charge in [0.25, 0.3) is 0 Å². The van der Waals surface area contributed by atoms with Crippen molar-refractivity contribution in [3.63, 3.8) is 0 Å². The van der Waals surface area contributed by atoms with E-state index in [2.05, 4.69) is 36.6 Å². The van der Waals surface area contributed by atoms with E-state index in [1.807, 2.05) is 0 Å². The van der Waals surface area contributed by atoms with Crippen LogP contribution in [-0.2, 0) is 0 Å². The van der Waals surface area contributed by atoms with Crippen LogP contribution in [0, 0.1) is 5.41 Å². The Bertz CT molecular complexity index is 418. The standard InChI is InChI=1S/C16H24N2/c1-13(17)14-5-3-4-6-15(14,2)18-11-9-16(7-8-16)10-12-18/h3-5H,1,6-12,17H2,2H3. The number of allylic oxidation sites excluding steroid dienone is 2. The molecule has 0 radical (unpaired) electrons. The third-order valence-corrected chi connectivity index (χ3v) is 5.32. The maximum atomic E-state index is 5.99. The molecule has 2 aliphatic carbocycles. The van der Waals surface area contributed by atoms with E-state index >= 15 is 0 Å². The zero-order valence-electron chi connectivity index (χ0n) is 11.4. The van der Waals surface area contributed by atoms with Crippen LogP contribution in [0.15, 0.2) is 36.1 Å². The van der Waals surface area contributed by atoms with Crippen LogP contribution in [0.2, 0.25) is 0 Å². The summed E-state index contributed by atoms with van der Waals surface area (Å²) in [5.41, 5.74) is 8.74. The average Bonchev–Trinajstić information content (AvgIpc) is 3.09. The molecule has 2 fully saturated rings. The summed E-state index contributed by atoms with van der Waals surface area (Å²) in [5, 5.41) is 0. The fraction of sp³-hybridized carbons (Fsp3) is 0.625. The van der Waals surface area contributed by atoms with Gasteiger partial charge in [-0.3, -0.25) is 4.90 Å². The summed E-state index contributed by atoms with van der Waals surface area (Å²) in [6.07, 6.45) is 13.2. The van der Waals surface area contributed by atoms with E-state index in [0.717, 1.165) is 17.5 Å². The number of nitrogens with two attached hydrogens (primary N) is 1. The summed E-state index contributed by atoms with van der Waals surface area (Å²) >= 11 is 0. The number of nitrogens with zero attached hydrogens (tertiary/aromatic N) is 1. The summed E-state index contributed by atoms with van der Waals surface area (Å²) in [7, 11) is 0. The lowest BCUT2D eigenvalue weighted by atomic mass is 9.79. The Morgan fingerprint density at radius 2 is 1.94 bits per heavy atom. The fourth-order valence-electron chi connectivity index (χ4n) is 3.66. The first-order chi connectivity index (χ1) is 8.56. The van der Waals surface area contributed by atoms with E-state index in [-0.39, 0.29) is 5.54 Å². The number of hydrogen-bond donors (Lipinski definition) is 1. The molecule has 1 unspecified atom stereocenters. The predicted octanol–water partition coefficient (Wildman–Crippen LogP) is 2.98. The Hall–Kier alpha value is -1.02. The Balaban J connectivity index is 1.79.